The highest BCUT2D eigenvalue weighted by molar-refractivity contribution is 6.00. The van der Waals surface area contributed by atoms with Crippen molar-refractivity contribution >= 4 is 17.5 Å². The number of nitriles is 1. The Morgan fingerprint density at radius 2 is 1.94 bits per heavy atom. The molecule has 0 spiro atoms. The van der Waals surface area contributed by atoms with Crippen LogP contribution in [-0.2, 0) is 11.0 Å². The zero-order chi connectivity index (χ0) is 24.2. The zero-order valence-electron chi connectivity index (χ0n) is 18.1. The molecule has 0 radical (unpaired) electrons. The first-order chi connectivity index (χ1) is 15.7. The molecule has 2 aromatic rings. The van der Waals surface area contributed by atoms with E-state index in [1.807, 2.05) is 0 Å². The Labute approximate surface area is 189 Å². The summed E-state index contributed by atoms with van der Waals surface area (Å²) >= 11 is 0. The van der Waals surface area contributed by atoms with Crippen LogP contribution < -0.4 is 15.0 Å². The number of anilines is 1. The molecule has 10 heteroatoms. The van der Waals surface area contributed by atoms with Crippen molar-refractivity contribution in [1.29, 1.82) is 5.26 Å². The van der Waals surface area contributed by atoms with E-state index in [9.17, 15) is 22.8 Å². The summed E-state index contributed by atoms with van der Waals surface area (Å²) in [6.07, 6.45) is -4.69. The number of alkyl halides is 3. The Kier molecular flexibility index (Phi) is 7.11. The van der Waals surface area contributed by atoms with Crippen molar-refractivity contribution in [2.75, 3.05) is 38.2 Å². The molecule has 2 amide bonds. The second-order valence-electron chi connectivity index (χ2n) is 7.34. The normalized spacial score (nSPS) is 16.2. The fourth-order valence-corrected chi connectivity index (χ4v) is 3.79. The Balaban J connectivity index is 1.92. The summed E-state index contributed by atoms with van der Waals surface area (Å²) in [6.45, 7) is 2.46. The predicted molar refractivity (Wildman–Crippen MR) is 115 cm³/mol. The van der Waals surface area contributed by atoms with Gasteiger partial charge >= 0.3 is 6.18 Å². The molecule has 3 rings (SSSR count). The van der Waals surface area contributed by atoms with E-state index in [2.05, 4.69) is 5.32 Å². The van der Waals surface area contributed by atoms with Crippen molar-refractivity contribution in [1.82, 2.24) is 10.2 Å². The lowest BCUT2D eigenvalue weighted by Gasteiger charge is -2.41. The van der Waals surface area contributed by atoms with E-state index < -0.39 is 35.2 Å². The minimum Gasteiger partial charge on any atom is -0.493 e. The smallest absolute Gasteiger partial charge is 0.417 e. The van der Waals surface area contributed by atoms with Crippen LogP contribution in [0.4, 0.5) is 18.9 Å². The van der Waals surface area contributed by atoms with Crippen molar-refractivity contribution in [2.24, 2.45) is 0 Å². The fourth-order valence-electron chi connectivity index (χ4n) is 3.79. The quantitative estimate of drug-likeness (QED) is 0.742. The first-order valence-electron chi connectivity index (χ1n) is 10.3. The number of hydrogen-bond donors (Lipinski definition) is 1. The molecule has 1 aliphatic heterocycles. The van der Waals surface area contributed by atoms with E-state index in [0.29, 0.717) is 17.9 Å². The number of nitrogens with zero attached hydrogens (tertiary/aromatic N) is 3. The average Bonchev–Trinajstić information content (AvgIpc) is 2.82. The molecule has 1 fully saturated rings. The zero-order valence-corrected chi connectivity index (χ0v) is 18.1. The van der Waals surface area contributed by atoms with Gasteiger partial charge in [-0.15, -0.1) is 0 Å². The van der Waals surface area contributed by atoms with E-state index in [1.165, 1.54) is 18.0 Å². The number of hydrogen-bond acceptors (Lipinski definition) is 5. The van der Waals surface area contributed by atoms with E-state index in [4.69, 9.17) is 10.00 Å². The summed E-state index contributed by atoms with van der Waals surface area (Å²) in [5.74, 6) is -0.445. The van der Waals surface area contributed by atoms with Crippen molar-refractivity contribution < 1.29 is 27.5 Å². The predicted octanol–water partition coefficient (Wildman–Crippen LogP) is 3.05. The van der Waals surface area contributed by atoms with Crippen LogP contribution in [-0.4, -0.2) is 56.0 Å². The SMILES string of the molecule is CCOc1ccccc1C(=O)N1CCN(c2ccc(C#N)c(C(F)(F)F)c2)CC1C(=O)NC. The molecule has 0 aliphatic carbocycles. The van der Waals surface area contributed by atoms with Crippen molar-refractivity contribution in [3.05, 3.63) is 59.2 Å². The molecule has 1 aliphatic rings. The maximum atomic E-state index is 13.4. The van der Waals surface area contributed by atoms with Gasteiger partial charge in [-0.1, -0.05) is 12.1 Å². The van der Waals surface area contributed by atoms with Crippen molar-refractivity contribution in [2.45, 2.75) is 19.1 Å². The number of ether oxygens (including phenoxy) is 1. The number of halogens is 3. The van der Waals surface area contributed by atoms with E-state index >= 15 is 0 Å². The molecule has 7 nitrogen and oxygen atoms in total. The van der Waals surface area contributed by atoms with Crippen LogP contribution >= 0.6 is 0 Å². The van der Waals surface area contributed by atoms with Crippen LogP contribution in [0.1, 0.15) is 28.4 Å². The number of carbonyl (C=O) groups excluding carboxylic acids is 2. The van der Waals surface area contributed by atoms with Gasteiger partial charge in [0.2, 0.25) is 5.91 Å². The van der Waals surface area contributed by atoms with Gasteiger partial charge in [-0.3, -0.25) is 9.59 Å². The highest BCUT2D eigenvalue weighted by Gasteiger charge is 2.38. The van der Waals surface area contributed by atoms with E-state index in [1.54, 1.807) is 42.2 Å². The van der Waals surface area contributed by atoms with Crippen LogP contribution in [0.25, 0.3) is 0 Å². The summed E-state index contributed by atoms with van der Waals surface area (Å²) in [5, 5.41) is 11.5. The Bertz CT molecular complexity index is 1080. The van der Waals surface area contributed by atoms with Gasteiger partial charge < -0.3 is 19.9 Å². The minimum atomic E-state index is -4.69. The summed E-state index contributed by atoms with van der Waals surface area (Å²) in [6, 6.07) is 10.8. The molecule has 174 valence electrons. The molecule has 1 saturated heterocycles. The highest BCUT2D eigenvalue weighted by atomic mass is 19.4. The number of likely N-dealkylation sites (N-methyl/N-ethyl adjacent to an activating group) is 1. The molecular weight excluding hydrogens is 437 g/mol. The molecule has 0 bridgehead atoms. The van der Waals surface area contributed by atoms with Gasteiger partial charge in [0.1, 0.15) is 11.8 Å². The number of piperazine rings is 1. The lowest BCUT2D eigenvalue weighted by atomic mass is 10.0. The first kappa shape index (κ1) is 23.9. The molecule has 33 heavy (non-hydrogen) atoms. The van der Waals surface area contributed by atoms with Gasteiger partial charge in [-0.25, -0.2) is 0 Å². The maximum Gasteiger partial charge on any atom is 0.417 e. The van der Waals surface area contributed by atoms with Crippen LogP contribution in [0.2, 0.25) is 0 Å². The number of carbonyl (C=O) groups is 2. The third kappa shape index (κ3) is 5.03. The second-order valence-corrected chi connectivity index (χ2v) is 7.34. The molecule has 2 aromatic carbocycles. The highest BCUT2D eigenvalue weighted by Crippen LogP contribution is 2.35. The van der Waals surface area contributed by atoms with Crippen LogP contribution in [0.3, 0.4) is 0 Å². The topological polar surface area (TPSA) is 85.7 Å². The lowest BCUT2D eigenvalue weighted by molar-refractivity contribution is -0.137. The maximum absolute atomic E-state index is 13.4. The third-order valence-corrected chi connectivity index (χ3v) is 5.40. The molecule has 1 atom stereocenters. The minimum absolute atomic E-state index is 0.00852. The van der Waals surface area contributed by atoms with Gasteiger partial charge in [0, 0.05) is 32.4 Å². The van der Waals surface area contributed by atoms with Crippen LogP contribution in [0.5, 0.6) is 5.75 Å². The summed E-state index contributed by atoms with van der Waals surface area (Å²) in [5.41, 5.74) is -0.991. The molecule has 0 saturated carbocycles. The third-order valence-electron chi connectivity index (χ3n) is 5.40. The molecular formula is C23H23F3N4O3. The van der Waals surface area contributed by atoms with Gasteiger partial charge in [-0.05, 0) is 37.3 Å². The average molecular weight is 460 g/mol. The van der Waals surface area contributed by atoms with Gasteiger partial charge in [-0.2, -0.15) is 18.4 Å². The molecule has 1 N–H and O–H groups in total. The fraction of sp³-hybridized carbons (Fsp3) is 0.348. The number of rotatable bonds is 5. The Morgan fingerprint density at radius 3 is 2.58 bits per heavy atom. The van der Waals surface area contributed by atoms with Gasteiger partial charge in [0.05, 0.1) is 29.4 Å². The number of nitrogens with one attached hydrogen (secondary N) is 1. The number of amides is 2. The van der Waals surface area contributed by atoms with Gasteiger partial charge in [0.25, 0.3) is 5.91 Å². The number of benzene rings is 2. The summed E-state index contributed by atoms with van der Waals surface area (Å²) < 4.78 is 45.7. The number of para-hydroxylation sites is 1. The van der Waals surface area contributed by atoms with Crippen molar-refractivity contribution in [3.8, 4) is 11.8 Å². The summed E-state index contributed by atoms with van der Waals surface area (Å²) in [4.78, 5) is 29.0. The molecule has 0 aromatic heterocycles. The van der Waals surface area contributed by atoms with E-state index in [-0.39, 0.29) is 25.3 Å². The van der Waals surface area contributed by atoms with Gasteiger partial charge in [0.15, 0.2) is 0 Å². The van der Waals surface area contributed by atoms with Crippen LogP contribution in [0.15, 0.2) is 42.5 Å². The monoisotopic (exact) mass is 460 g/mol. The Morgan fingerprint density at radius 1 is 1.21 bits per heavy atom. The molecule has 1 heterocycles. The Hall–Kier alpha value is -3.74. The molecule has 1 unspecified atom stereocenters. The van der Waals surface area contributed by atoms with Crippen LogP contribution in [0, 0.1) is 11.3 Å². The first-order valence-corrected chi connectivity index (χ1v) is 10.3. The summed E-state index contributed by atoms with van der Waals surface area (Å²) in [7, 11) is 1.43. The second kappa shape index (κ2) is 9.81. The lowest BCUT2D eigenvalue weighted by Crippen LogP contribution is -2.60. The largest absolute Gasteiger partial charge is 0.493 e. The standard InChI is InChI=1S/C23H23F3N4O3/c1-3-33-20-7-5-4-6-17(20)22(32)30-11-10-29(14-19(30)21(31)28-2)16-9-8-15(13-27)18(12-16)23(24,25)26/h4-9,12,19H,3,10-11,14H2,1-2H3,(H,28,31). The van der Waals surface area contributed by atoms with Crippen molar-refractivity contribution in [3.63, 3.8) is 0 Å². The van der Waals surface area contributed by atoms with E-state index in [0.717, 1.165) is 12.1 Å².